The van der Waals surface area contributed by atoms with Crippen molar-refractivity contribution in [1.82, 2.24) is 10.6 Å². The van der Waals surface area contributed by atoms with Crippen LogP contribution in [0.1, 0.15) is 34.6 Å². The van der Waals surface area contributed by atoms with E-state index in [9.17, 15) is 18.0 Å². The monoisotopic (exact) mass is 322 g/mol. The largest absolute Gasteiger partial charge is 0.444 e. The number of carbonyl (C=O) groups is 2. The highest BCUT2D eigenvalue weighted by Crippen LogP contribution is 2.08. The third-order valence-electron chi connectivity index (χ3n) is 2.39. The molecule has 0 heterocycles. The molecule has 21 heavy (non-hydrogen) atoms. The van der Waals surface area contributed by atoms with Gasteiger partial charge in [0.05, 0.1) is 5.75 Å². The Morgan fingerprint density at radius 2 is 1.71 bits per heavy atom. The maximum absolute atomic E-state index is 12.0. The van der Waals surface area contributed by atoms with Crippen molar-refractivity contribution in [2.75, 3.05) is 18.6 Å². The number of hydrogen-bond acceptors (Lipinski definition) is 5. The van der Waals surface area contributed by atoms with E-state index < -0.39 is 33.5 Å². The van der Waals surface area contributed by atoms with E-state index in [1.165, 1.54) is 0 Å². The molecule has 2 amide bonds. The second-order valence-electron chi connectivity index (χ2n) is 6.29. The molecular formula is C13H26N2O5S. The predicted octanol–water partition coefficient (Wildman–Crippen LogP) is 0.697. The fourth-order valence-electron chi connectivity index (χ4n) is 1.44. The van der Waals surface area contributed by atoms with E-state index in [0.717, 1.165) is 6.26 Å². The summed E-state index contributed by atoms with van der Waals surface area (Å²) in [4.78, 5) is 23.7. The molecule has 0 aromatic carbocycles. The average molecular weight is 322 g/mol. The summed E-state index contributed by atoms with van der Waals surface area (Å²) in [5.74, 6) is -0.731. The molecule has 124 valence electrons. The molecule has 1 unspecified atom stereocenters. The Morgan fingerprint density at radius 1 is 1.19 bits per heavy atom. The zero-order valence-electron chi connectivity index (χ0n) is 13.5. The quantitative estimate of drug-likeness (QED) is 0.749. The highest BCUT2D eigenvalue weighted by Gasteiger charge is 2.26. The second kappa shape index (κ2) is 7.63. The summed E-state index contributed by atoms with van der Waals surface area (Å²) in [6.07, 6.45) is 0.414. The fraction of sp³-hybridized carbons (Fsp3) is 0.846. The highest BCUT2D eigenvalue weighted by molar-refractivity contribution is 7.90. The minimum atomic E-state index is -3.14. The van der Waals surface area contributed by atoms with Gasteiger partial charge >= 0.3 is 6.09 Å². The number of amides is 2. The summed E-state index contributed by atoms with van der Waals surface area (Å²) in [7, 11) is -3.14. The van der Waals surface area contributed by atoms with Crippen LogP contribution in [-0.4, -0.2) is 50.6 Å². The van der Waals surface area contributed by atoms with Crippen molar-refractivity contribution < 1.29 is 22.7 Å². The van der Waals surface area contributed by atoms with Gasteiger partial charge in [-0.3, -0.25) is 4.79 Å². The molecule has 2 N–H and O–H groups in total. The minimum Gasteiger partial charge on any atom is -0.444 e. The maximum atomic E-state index is 12.0. The molecule has 0 aliphatic heterocycles. The van der Waals surface area contributed by atoms with Crippen molar-refractivity contribution >= 4 is 21.8 Å². The lowest BCUT2D eigenvalue weighted by atomic mass is 10.0. The van der Waals surface area contributed by atoms with E-state index in [4.69, 9.17) is 4.74 Å². The summed E-state index contributed by atoms with van der Waals surface area (Å²) in [5.41, 5.74) is -0.654. The summed E-state index contributed by atoms with van der Waals surface area (Å²) >= 11 is 0. The van der Waals surface area contributed by atoms with Gasteiger partial charge in [-0.15, -0.1) is 0 Å². The molecule has 0 radical (unpaired) electrons. The number of hydrogen-bond donors (Lipinski definition) is 2. The highest BCUT2D eigenvalue weighted by atomic mass is 32.2. The minimum absolute atomic E-state index is 0.0108. The Morgan fingerprint density at radius 3 is 2.10 bits per heavy atom. The summed E-state index contributed by atoms with van der Waals surface area (Å²) < 4.78 is 27.1. The van der Waals surface area contributed by atoms with Crippen LogP contribution >= 0.6 is 0 Å². The number of ether oxygens (including phenoxy) is 1. The van der Waals surface area contributed by atoms with Gasteiger partial charge in [-0.1, -0.05) is 13.8 Å². The van der Waals surface area contributed by atoms with Crippen molar-refractivity contribution in [3.8, 4) is 0 Å². The summed E-state index contributed by atoms with van der Waals surface area (Å²) in [6.45, 7) is 8.74. The van der Waals surface area contributed by atoms with Gasteiger partial charge in [-0.25, -0.2) is 13.2 Å². The molecule has 1 atom stereocenters. The first kappa shape index (κ1) is 19.7. The Kier molecular flexibility index (Phi) is 7.15. The molecule has 0 spiro atoms. The molecule has 7 nitrogen and oxygen atoms in total. The smallest absolute Gasteiger partial charge is 0.408 e. The van der Waals surface area contributed by atoms with Crippen LogP contribution in [0.5, 0.6) is 0 Å². The van der Waals surface area contributed by atoms with E-state index in [1.54, 1.807) is 34.6 Å². The van der Waals surface area contributed by atoms with Crippen LogP contribution in [0.15, 0.2) is 0 Å². The first-order valence-corrected chi connectivity index (χ1v) is 8.83. The molecule has 0 aliphatic rings. The number of rotatable bonds is 6. The number of sulfone groups is 1. The number of nitrogens with one attached hydrogen (secondary N) is 2. The normalized spacial score (nSPS) is 13.7. The maximum Gasteiger partial charge on any atom is 0.408 e. The van der Waals surface area contributed by atoms with E-state index in [1.807, 2.05) is 0 Å². The summed E-state index contributed by atoms with van der Waals surface area (Å²) in [5, 5.41) is 5.00. The van der Waals surface area contributed by atoms with Crippen LogP contribution in [0.4, 0.5) is 4.79 Å². The lowest BCUT2D eigenvalue weighted by Crippen LogP contribution is -2.51. The Labute approximate surface area is 126 Å². The second-order valence-corrected chi connectivity index (χ2v) is 8.55. The molecule has 0 saturated carbocycles. The third kappa shape index (κ3) is 10.1. The zero-order valence-corrected chi connectivity index (χ0v) is 14.3. The van der Waals surface area contributed by atoms with Crippen LogP contribution in [-0.2, 0) is 19.4 Å². The predicted molar refractivity (Wildman–Crippen MR) is 80.7 cm³/mol. The van der Waals surface area contributed by atoms with Crippen molar-refractivity contribution in [2.24, 2.45) is 5.92 Å². The topological polar surface area (TPSA) is 102 Å². The van der Waals surface area contributed by atoms with Gasteiger partial charge in [0.25, 0.3) is 0 Å². The van der Waals surface area contributed by atoms with Crippen molar-refractivity contribution in [3.63, 3.8) is 0 Å². The average Bonchev–Trinajstić information content (AvgIpc) is 2.20. The SMILES string of the molecule is CC(C)C(NC(=O)OC(C)(C)C)C(=O)NCCS(C)(=O)=O. The van der Waals surface area contributed by atoms with Gasteiger partial charge in [-0.05, 0) is 26.7 Å². The van der Waals surface area contributed by atoms with Crippen molar-refractivity contribution in [3.05, 3.63) is 0 Å². The first-order valence-electron chi connectivity index (χ1n) is 6.77. The number of alkyl carbamates (subject to hydrolysis) is 1. The lowest BCUT2D eigenvalue weighted by Gasteiger charge is -2.25. The molecule has 0 aromatic heterocycles. The van der Waals surface area contributed by atoms with Crippen LogP contribution in [0, 0.1) is 5.92 Å². The molecule has 0 rings (SSSR count). The Bertz CT molecular complexity index is 465. The lowest BCUT2D eigenvalue weighted by molar-refractivity contribution is -0.124. The molecule has 0 saturated heterocycles. The van der Waals surface area contributed by atoms with E-state index in [0.29, 0.717) is 0 Å². The van der Waals surface area contributed by atoms with Crippen LogP contribution < -0.4 is 10.6 Å². The van der Waals surface area contributed by atoms with Gasteiger partial charge in [0, 0.05) is 12.8 Å². The van der Waals surface area contributed by atoms with Crippen molar-refractivity contribution in [2.45, 2.75) is 46.3 Å². The Hall–Kier alpha value is -1.31. The molecule has 8 heteroatoms. The van der Waals surface area contributed by atoms with Gasteiger partial charge in [0.15, 0.2) is 0 Å². The molecule has 0 aromatic rings. The van der Waals surface area contributed by atoms with Gasteiger partial charge in [-0.2, -0.15) is 0 Å². The van der Waals surface area contributed by atoms with Crippen LogP contribution in [0.3, 0.4) is 0 Å². The van der Waals surface area contributed by atoms with E-state index in [2.05, 4.69) is 10.6 Å². The molecule has 0 bridgehead atoms. The van der Waals surface area contributed by atoms with Crippen LogP contribution in [0.25, 0.3) is 0 Å². The van der Waals surface area contributed by atoms with Crippen LogP contribution in [0.2, 0.25) is 0 Å². The zero-order chi connectivity index (χ0) is 16.8. The molecular weight excluding hydrogens is 296 g/mol. The van der Waals surface area contributed by atoms with Gasteiger partial charge < -0.3 is 15.4 Å². The molecule has 0 fully saturated rings. The van der Waals surface area contributed by atoms with Crippen molar-refractivity contribution in [1.29, 1.82) is 0 Å². The fourth-order valence-corrected chi connectivity index (χ4v) is 1.91. The molecule has 0 aliphatic carbocycles. The first-order chi connectivity index (χ1) is 9.32. The standard InChI is InChI=1S/C13H26N2O5S/c1-9(2)10(15-12(17)20-13(3,4)5)11(16)14-7-8-21(6,18)19/h9-10H,7-8H2,1-6H3,(H,14,16)(H,15,17). The van der Waals surface area contributed by atoms with Gasteiger partial charge in [0.2, 0.25) is 5.91 Å². The number of carbonyl (C=O) groups excluding carboxylic acids is 2. The third-order valence-corrected chi connectivity index (χ3v) is 3.34. The van der Waals surface area contributed by atoms with E-state index >= 15 is 0 Å². The Balaban J connectivity index is 4.54. The van der Waals surface area contributed by atoms with Gasteiger partial charge in [0.1, 0.15) is 21.5 Å². The van der Waals surface area contributed by atoms with E-state index in [-0.39, 0.29) is 18.2 Å². The summed E-state index contributed by atoms with van der Waals surface area (Å²) in [6, 6.07) is -0.778.